The van der Waals surface area contributed by atoms with Gasteiger partial charge in [-0.2, -0.15) is 0 Å². The van der Waals surface area contributed by atoms with E-state index < -0.39 is 35.2 Å². The number of aromatic nitrogens is 2. The molecule has 0 bridgehead atoms. The third-order valence-electron chi connectivity index (χ3n) is 7.89. The molecule has 226 valence electrons. The number of hydrogen-bond acceptors (Lipinski definition) is 6. The van der Waals surface area contributed by atoms with Gasteiger partial charge in [0.15, 0.2) is 5.82 Å². The predicted molar refractivity (Wildman–Crippen MR) is 152 cm³/mol. The van der Waals surface area contributed by atoms with E-state index in [2.05, 4.69) is 15.3 Å². The van der Waals surface area contributed by atoms with Crippen LogP contribution in [0.4, 0.5) is 17.6 Å². The van der Waals surface area contributed by atoms with Crippen molar-refractivity contribution in [2.75, 3.05) is 20.3 Å². The van der Waals surface area contributed by atoms with Gasteiger partial charge in [0.05, 0.1) is 24.9 Å². The van der Waals surface area contributed by atoms with E-state index in [1.165, 1.54) is 69.5 Å². The van der Waals surface area contributed by atoms with Gasteiger partial charge in [-0.25, -0.2) is 22.5 Å². The molecule has 2 atom stereocenters. The zero-order valence-electron chi connectivity index (χ0n) is 24.1. The largest absolute Gasteiger partial charge is 0.494 e. The number of methoxy groups -OCH3 is 1. The van der Waals surface area contributed by atoms with Crippen LogP contribution in [0.3, 0.4) is 0 Å². The zero-order chi connectivity index (χ0) is 31.1. The molecular formula is C32H31F4N3O4. The Morgan fingerprint density at radius 3 is 2.51 bits per heavy atom. The van der Waals surface area contributed by atoms with Crippen LogP contribution in [0.1, 0.15) is 60.8 Å². The molecule has 3 heterocycles. The Balaban J connectivity index is 1.55. The number of halogens is 4. The third-order valence-corrected chi connectivity index (χ3v) is 7.89. The summed E-state index contributed by atoms with van der Waals surface area (Å²) in [5, 5.41) is 14.0. The van der Waals surface area contributed by atoms with Crippen molar-refractivity contribution < 1.29 is 36.9 Å². The molecule has 1 fully saturated rings. The molecular weight excluding hydrogens is 566 g/mol. The average Bonchev–Trinajstić information content (AvgIpc) is 3.35. The van der Waals surface area contributed by atoms with Crippen LogP contribution in [0.25, 0.3) is 22.2 Å². The van der Waals surface area contributed by atoms with E-state index in [9.17, 15) is 23.1 Å². The van der Waals surface area contributed by atoms with Gasteiger partial charge in [0.1, 0.15) is 28.4 Å². The lowest BCUT2D eigenvalue weighted by molar-refractivity contribution is -0.0246. The first-order valence-electron chi connectivity index (χ1n) is 13.7. The molecule has 2 aromatic heterocycles. The van der Waals surface area contributed by atoms with Crippen LogP contribution in [0.2, 0.25) is 0 Å². The summed E-state index contributed by atoms with van der Waals surface area (Å²) < 4.78 is 67.7. The summed E-state index contributed by atoms with van der Waals surface area (Å²) in [5.41, 5.74) is -2.16. The molecule has 43 heavy (non-hydrogen) atoms. The fourth-order valence-electron chi connectivity index (χ4n) is 5.38. The topological polar surface area (TPSA) is 93.6 Å². The standard InChI is InChI=1S/C32H31F4N3O4/c1-17-9-10-43-32(17,25-14-23(31(2,3)41)26(34)28(39-25)18-5-7-22(33)8-6-18)16-38-30(40)20-11-19-12-21(29(35)36)15-37-27(19)24(13-20)42-4/h5-8,11-15,17,29,41H,9-10,16H2,1-4H3,(H,38,40). The molecule has 1 saturated heterocycles. The number of carbonyl (C=O) groups is 1. The monoisotopic (exact) mass is 597 g/mol. The van der Waals surface area contributed by atoms with Gasteiger partial charge in [0.25, 0.3) is 12.3 Å². The van der Waals surface area contributed by atoms with Crippen molar-refractivity contribution in [2.24, 2.45) is 5.92 Å². The normalized spacial score (nSPS) is 18.8. The highest BCUT2D eigenvalue weighted by Gasteiger charge is 2.46. The minimum atomic E-state index is -2.74. The second kappa shape index (κ2) is 11.5. The smallest absolute Gasteiger partial charge is 0.265 e. The van der Waals surface area contributed by atoms with Gasteiger partial charge < -0.3 is 19.9 Å². The Morgan fingerprint density at radius 1 is 1.19 bits per heavy atom. The average molecular weight is 598 g/mol. The Morgan fingerprint density at radius 2 is 1.91 bits per heavy atom. The number of ether oxygens (including phenoxy) is 2. The molecule has 11 heteroatoms. The Hall–Kier alpha value is -4.09. The second-order valence-electron chi connectivity index (χ2n) is 11.2. The van der Waals surface area contributed by atoms with Gasteiger partial charge >= 0.3 is 0 Å². The summed E-state index contributed by atoms with van der Waals surface area (Å²) in [7, 11) is 1.39. The van der Waals surface area contributed by atoms with Crippen molar-refractivity contribution in [3.63, 3.8) is 0 Å². The number of fused-ring (bicyclic) bond motifs is 1. The number of amides is 1. The lowest BCUT2D eigenvalue weighted by Crippen LogP contribution is -2.45. The Bertz CT molecular complexity index is 1670. The molecule has 2 unspecified atom stereocenters. The summed E-state index contributed by atoms with van der Waals surface area (Å²) in [4.78, 5) is 22.2. The lowest BCUT2D eigenvalue weighted by Gasteiger charge is -2.34. The Labute approximate surface area is 245 Å². The van der Waals surface area contributed by atoms with Gasteiger partial charge in [0, 0.05) is 40.4 Å². The Kier molecular flexibility index (Phi) is 8.15. The van der Waals surface area contributed by atoms with Crippen molar-refractivity contribution in [1.82, 2.24) is 15.3 Å². The molecule has 0 aliphatic carbocycles. The number of pyridine rings is 2. The number of alkyl halides is 2. The molecule has 0 saturated carbocycles. The van der Waals surface area contributed by atoms with Crippen molar-refractivity contribution >= 4 is 16.8 Å². The van der Waals surface area contributed by atoms with Crippen LogP contribution in [0, 0.1) is 17.6 Å². The van der Waals surface area contributed by atoms with Crippen LogP contribution in [0.15, 0.2) is 54.7 Å². The maximum Gasteiger partial charge on any atom is 0.265 e. The predicted octanol–water partition coefficient (Wildman–Crippen LogP) is 6.43. The maximum absolute atomic E-state index is 15.8. The van der Waals surface area contributed by atoms with E-state index in [4.69, 9.17) is 9.47 Å². The fraction of sp³-hybridized carbons (Fsp3) is 0.344. The molecule has 0 spiro atoms. The van der Waals surface area contributed by atoms with E-state index in [1.807, 2.05) is 6.92 Å². The maximum atomic E-state index is 15.8. The summed E-state index contributed by atoms with van der Waals surface area (Å²) >= 11 is 0. The summed E-state index contributed by atoms with van der Waals surface area (Å²) in [6, 6.07) is 10.8. The molecule has 1 aliphatic heterocycles. The highest BCUT2D eigenvalue weighted by atomic mass is 19.3. The van der Waals surface area contributed by atoms with E-state index in [1.54, 1.807) is 0 Å². The highest BCUT2D eigenvalue weighted by molar-refractivity contribution is 6.00. The number of benzene rings is 2. The summed E-state index contributed by atoms with van der Waals surface area (Å²) in [6.07, 6.45) is -1.06. The van der Waals surface area contributed by atoms with Crippen molar-refractivity contribution in [3.05, 3.63) is 88.7 Å². The van der Waals surface area contributed by atoms with Gasteiger partial charge in [-0.3, -0.25) is 9.78 Å². The molecule has 2 N–H and O–H groups in total. The number of aliphatic hydroxyl groups is 1. The van der Waals surface area contributed by atoms with Crippen LogP contribution < -0.4 is 10.1 Å². The number of nitrogens with zero attached hydrogens (tertiary/aromatic N) is 2. The number of rotatable bonds is 8. The first-order chi connectivity index (χ1) is 20.3. The second-order valence-corrected chi connectivity index (χ2v) is 11.2. The minimum absolute atomic E-state index is 0.0353. The van der Waals surface area contributed by atoms with Gasteiger partial charge in [-0.1, -0.05) is 6.92 Å². The number of carbonyl (C=O) groups excluding carboxylic acids is 1. The molecule has 1 amide bonds. The SMILES string of the molecule is COc1cc(C(=O)NCC2(c3cc(C(C)(C)O)c(F)c(-c4ccc(F)cc4)n3)OCCC2C)cc2cc(C(F)F)cnc12. The van der Waals surface area contributed by atoms with E-state index >= 15 is 4.39 Å². The fourth-order valence-corrected chi connectivity index (χ4v) is 5.38. The molecule has 0 radical (unpaired) electrons. The molecule has 5 rings (SSSR count). The van der Waals surface area contributed by atoms with E-state index in [0.29, 0.717) is 29.5 Å². The van der Waals surface area contributed by atoms with E-state index in [-0.39, 0.29) is 46.3 Å². The van der Waals surface area contributed by atoms with Crippen LogP contribution in [0.5, 0.6) is 5.75 Å². The van der Waals surface area contributed by atoms with Crippen molar-refractivity contribution in [2.45, 2.75) is 44.8 Å². The minimum Gasteiger partial charge on any atom is -0.494 e. The van der Waals surface area contributed by atoms with Gasteiger partial charge in [0.2, 0.25) is 0 Å². The number of hydrogen-bond donors (Lipinski definition) is 2. The molecule has 4 aromatic rings. The molecule has 2 aromatic carbocycles. The zero-order valence-corrected chi connectivity index (χ0v) is 24.1. The first kappa shape index (κ1) is 30.4. The van der Waals surface area contributed by atoms with Crippen LogP contribution >= 0.6 is 0 Å². The summed E-state index contributed by atoms with van der Waals surface area (Å²) in [5.74, 6) is -1.74. The molecule has 1 aliphatic rings. The van der Waals surface area contributed by atoms with Crippen LogP contribution in [-0.4, -0.2) is 41.2 Å². The van der Waals surface area contributed by atoms with E-state index in [0.717, 1.165) is 6.20 Å². The molecule has 7 nitrogen and oxygen atoms in total. The van der Waals surface area contributed by atoms with Crippen LogP contribution in [-0.2, 0) is 15.9 Å². The van der Waals surface area contributed by atoms with Crippen molar-refractivity contribution in [1.29, 1.82) is 0 Å². The lowest BCUT2D eigenvalue weighted by atomic mass is 9.83. The summed E-state index contributed by atoms with van der Waals surface area (Å²) in [6.45, 7) is 5.07. The first-order valence-corrected chi connectivity index (χ1v) is 13.7. The third kappa shape index (κ3) is 5.79. The highest BCUT2D eigenvalue weighted by Crippen LogP contribution is 2.43. The van der Waals surface area contributed by atoms with Gasteiger partial charge in [-0.15, -0.1) is 0 Å². The van der Waals surface area contributed by atoms with Gasteiger partial charge in [-0.05, 0) is 74.7 Å². The number of nitrogens with one attached hydrogen (secondary N) is 1. The van der Waals surface area contributed by atoms with Crippen molar-refractivity contribution in [3.8, 4) is 17.0 Å². The quantitative estimate of drug-likeness (QED) is 0.228.